The van der Waals surface area contributed by atoms with Crippen molar-refractivity contribution in [3.05, 3.63) is 48.3 Å². The molecule has 1 heterocycles. The van der Waals surface area contributed by atoms with Gasteiger partial charge < -0.3 is 9.30 Å². The molecule has 0 atom stereocenters. The standard InChI is InChI=1S/C13H13FN2O/c14-12-3-1-2-4-13(12)17-8-11-7-15-9-16(11)10-5-6-10/h1-4,7,9-10H,5-6,8H2. The van der Waals surface area contributed by atoms with Crippen molar-refractivity contribution in [2.45, 2.75) is 25.5 Å². The van der Waals surface area contributed by atoms with Gasteiger partial charge in [0.2, 0.25) is 0 Å². The molecule has 1 aliphatic carbocycles. The summed E-state index contributed by atoms with van der Waals surface area (Å²) in [7, 11) is 0. The SMILES string of the molecule is Fc1ccccc1OCc1cncn1C1CC1. The minimum Gasteiger partial charge on any atom is -0.484 e. The molecule has 1 saturated carbocycles. The second-order valence-corrected chi connectivity index (χ2v) is 4.24. The first kappa shape index (κ1) is 10.3. The number of para-hydroxylation sites is 1. The number of hydrogen-bond donors (Lipinski definition) is 0. The Morgan fingerprint density at radius 2 is 2.18 bits per heavy atom. The lowest BCUT2D eigenvalue weighted by Crippen LogP contribution is -2.04. The largest absolute Gasteiger partial charge is 0.484 e. The van der Waals surface area contributed by atoms with Crippen LogP contribution >= 0.6 is 0 Å². The highest BCUT2D eigenvalue weighted by Crippen LogP contribution is 2.35. The van der Waals surface area contributed by atoms with Crippen molar-refractivity contribution in [2.24, 2.45) is 0 Å². The third-order valence-corrected chi connectivity index (χ3v) is 2.90. The first-order chi connectivity index (χ1) is 8.34. The van der Waals surface area contributed by atoms with Gasteiger partial charge >= 0.3 is 0 Å². The summed E-state index contributed by atoms with van der Waals surface area (Å²) in [5.41, 5.74) is 0.996. The molecule has 1 aromatic heterocycles. The van der Waals surface area contributed by atoms with Gasteiger partial charge in [0, 0.05) is 6.04 Å². The predicted octanol–water partition coefficient (Wildman–Crippen LogP) is 2.94. The van der Waals surface area contributed by atoms with Crippen LogP contribution in [0.4, 0.5) is 4.39 Å². The van der Waals surface area contributed by atoms with E-state index in [9.17, 15) is 4.39 Å². The molecule has 1 fully saturated rings. The van der Waals surface area contributed by atoms with Crippen molar-refractivity contribution in [2.75, 3.05) is 0 Å². The second-order valence-electron chi connectivity index (χ2n) is 4.24. The summed E-state index contributed by atoms with van der Waals surface area (Å²) in [6.07, 6.45) is 5.99. The fourth-order valence-electron chi connectivity index (χ4n) is 1.84. The number of hydrogen-bond acceptors (Lipinski definition) is 2. The quantitative estimate of drug-likeness (QED) is 0.810. The molecule has 1 aliphatic rings. The Labute approximate surface area is 98.9 Å². The van der Waals surface area contributed by atoms with Crippen LogP contribution in [0.15, 0.2) is 36.8 Å². The predicted molar refractivity (Wildman–Crippen MR) is 61.2 cm³/mol. The summed E-state index contributed by atoms with van der Waals surface area (Å²) in [6.45, 7) is 0.359. The lowest BCUT2D eigenvalue weighted by Gasteiger charge is -2.09. The molecule has 0 bridgehead atoms. The van der Waals surface area contributed by atoms with E-state index in [2.05, 4.69) is 9.55 Å². The van der Waals surface area contributed by atoms with Crippen molar-refractivity contribution in [1.82, 2.24) is 9.55 Å². The molecule has 88 valence electrons. The fourth-order valence-corrected chi connectivity index (χ4v) is 1.84. The Balaban J connectivity index is 1.71. The van der Waals surface area contributed by atoms with E-state index >= 15 is 0 Å². The number of aromatic nitrogens is 2. The van der Waals surface area contributed by atoms with E-state index < -0.39 is 0 Å². The Morgan fingerprint density at radius 3 is 2.94 bits per heavy atom. The lowest BCUT2D eigenvalue weighted by molar-refractivity contribution is 0.280. The summed E-state index contributed by atoms with van der Waals surface area (Å²) in [6, 6.07) is 7.00. The molecule has 3 nitrogen and oxygen atoms in total. The highest BCUT2D eigenvalue weighted by molar-refractivity contribution is 5.23. The van der Waals surface area contributed by atoms with Crippen LogP contribution in [-0.4, -0.2) is 9.55 Å². The van der Waals surface area contributed by atoms with E-state index in [0.29, 0.717) is 12.6 Å². The van der Waals surface area contributed by atoms with Gasteiger partial charge in [-0.25, -0.2) is 9.37 Å². The van der Waals surface area contributed by atoms with Crippen LogP contribution in [0, 0.1) is 5.82 Å². The molecular formula is C13H13FN2O. The number of nitrogens with zero attached hydrogens (tertiary/aromatic N) is 2. The molecule has 2 aromatic rings. The molecule has 0 unspecified atom stereocenters. The molecular weight excluding hydrogens is 219 g/mol. The zero-order valence-corrected chi connectivity index (χ0v) is 9.34. The summed E-state index contributed by atoms with van der Waals surface area (Å²) in [5, 5.41) is 0. The average Bonchev–Trinajstić information content (AvgIpc) is 3.08. The summed E-state index contributed by atoms with van der Waals surface area (Å²) in [5.74, 6) is -0.0407. The summed E-state index contributed by atoms with van der Waals surface area (Å²) >= 11 is 0. The molecule has 0 aliphatic heterocycles. The fraction of sp³-hybridized carbons (Fsp3) is 0.308. The van der Waals surface area contributed by atoms with Crippen molar-refractivity contribution < 1.29 is 9.13 Å². The van der Waals surface area contributed by atoms with Crippen molar-refractivity contribution in [3.63, 3.8) is 0 Å². The number of benzene rings is 1. The minimum atomic E-state index is -0.329. The molecule has 0 spiro atoms. The molecule has 4 heteroatoms. The molecule has 0 radical (unpaired) electrons. The monoisotopic (exact) mass is 232 g/mol. The third kappa shape index (κ3) is 2.16. The van der Waals surface area contributed by atoms with Gasteiger partial charge in [-0.15, -0.1) is 0 Å². The first-order valence-corrected chi connectivity index (χ1v) is 5.72. The number of ether oxygens (including phenoxy) is 1. The van der Waals surface area contributed by atoms with Crippen LogP contribution in [0.1, 0.15) is 24.6 Å². The highest BCUT2D eigenvalue weighted by atomic mass is 19.1. The molecule has 0 saturated heterocycles. The zero-order valence-electron chi connectivity index (χ0n) is 9.34. The maximum Gasteiger partial charge on any atom is 0.165 e. The minimum absolute atomic E-state index is 0.288. The van der Waals surface area contributed by atoms with Gasteiger partial charge in [-0.05, 0) is 25.0 Å². The maximum absolute atomic E-state index is 13.3. The van der Waals surface area contributed by atoms with E-state index in [-0.39, 0.29) is 11.6 Å². The molecule has 0 amide bonds. The summed E-state index contributed by atoms with van der Waals surface area (Å²) in [4.78, 5) is 4.11. The van der Waals surface area contributed by atoms with Crippen LogP contribution in [0.25, 0.3) is 0 Å². The number of rotatable bonds is 4. The van der Waals surface area contributed by atoms with Crippen LogP contribution in [0.5, 0.6) is 5.75 Å². The Bertz CT molecular complexity index is 520. The van der Waals surface area contributed by atoms with Gasteiger partial charge in [0.25, 0.3) is 0 Å². The Kier molecular flexibility index (Phi) is 2.55. The van der Waals surface area contributed by atoms with Crippen molar-refractivity contribution >= 4 is 0 Å². The highest BCUT2D eigenvalue weighted by Gasteiger charge is 2.25. The van der Waals surface area contributed by atoms with Crippen LogP contribution in [-0.2, 0) is 6.61 Å². The van der Waals surface area contributed by atoms with Gasteiger partial charge in [-0.3, -0.25) is 0 Å². The Hall–Kier alpha value is -1.84. The van der Waals surface area contributed by atoms with Gasteiger partial charge in [0.15, 0.2) is 11.6 Å². The van der Waals surface area contributed by atoms with Crippen LogP contribution < -0.4 is 4.74 Å². The van der Waals surface area contributed by atoms with Crippen LogP contribution in [0.3, 0.4) is 0 Å². The average molecular weight is 232 g/mol. The van der Waals surface area contributed by atoms with Gasteiger partial charge in [-0.1, -0.05) is 12.1 Å². The van der Waals surface area contributed by atoms with Gasteiger partial charge in [0.05, 0.1) is 18.2 Å². The number of imidazole rings is 1. The van der Waals surface area contributed by atoms with E-state index in [1.54, 1.807) is 24.4 Å². The van der Waals surface area contributed by atoms with E-state index in [4.69, 9.17) is 4.74 Å². The zero-order chi connectivity index (χ0) is 11.7. The van der Waals surface area contributed by atoms with Crippen molar-refractivity contribution in [3.8, 4) is 5.75 Å². The van der Waals surface area contributed by atoms with Crippen molar-refractivity contribution in [1.29, 1.82) is 0 Å². The molecule has 3 rings (SSSR count). The second kappa shape index (κ2) is 4.20. The normalized spacial score (nSPS) is 14.9. The molecule has 1 aromatic carbocycles. The summed E-state index contributed by atoms with van der Waals surface area (Å²) < 4.78 is 20.9. The molecule has 0 N–H and O–H groups in total. The number of halogens is 1. The first-order valence-electron chi connectivity index (χ1n) is 5.72. The topological polar surface area (TPSA) is 27.1 Å². The van der Waals surface area contributed by atoms with E-state index in [1.807, 2.05) is 6.33 Å². The smallest absolute Gasteiger partial charge is 0.165 e. The maximum atomic E-state index is 13.3. The van der Waals surface area contributed by atoms with E-state index in [1.165, 1.54) is 18.9 Å². The van der Waals surface area contributed by atoms with E-state index in [0.717, 1.165) is 5.69 Å². The third-order valence-electron chi connectivity index (χ3n) is 2.90. The molecule has 17 heavy (non-hydrogen) atoms. The van der Waals surface area contributed by atoms with Crippen LogP contribution in [0.2, 0.25) is 0 Å². The van der Waals surface area contributed by atoms with Gasteiger partial charge in [0.1, 0.15) is 6.61 Å². The van der Waals surface area contributed by atoms with Gasteiger partial charge in [-0.2, -0.15) is 0 Å². The lowest BCUT2D eigenvalue weighted by atomic mass is 10.3. The Morgan fingerprint density at radius 1 is 1.35 bits per heavy atom.